The van der Waals surface area contributed by atoms with Gasteiger partial charge in [0.1, 0.15) is 0 Å². The molecule has 0 unspecified atom stereocenters. The van der Waals surface area contributed by atoms with Crippen LogP contribution in [0.3, 0.4) is 0 Å². The number of hydrogen-bond acceptors (Lipinski definition) is 1. The zero-order valence-electron chi connectivity index (χ0n) is 18.5. The first-order valence-electron chi connectivity index (χ1n) is 11.9. The van der Waals surface area contributed by atoms with Gasteiger partial charge in [0.25, 0.3) is 0 Å². The first kappa shape index (κ1) is 24.5. The van der Waals surface area contributed by atoms with E-state index < -0.39 is 39.0 Å². The largest absolute Gasteiger partial charge is 0.478 e. The molecule has 0 atom stereocenters. The van der Waals surface area contributed by atoms with Crippen LogP contribution < -0.4 is 4.74 Å². The molecular weight excluding hydrogens is 427 g/mol. The van der Waals surface area contributed by atoms with Crippen LogP contribution in [0.1, 0.15) is 76.2 Å². The zero-order valence-corrected chi connectivity index (χ0v) is 19.6. The molecule has 31 heavy (non-hydrogen) atoms. The molecule has 0 amide bonds. The number of hydrogen-bond donors (Lipinski definition) is 0. The molecule has 0 spiro atoms. The summed E-state index contributed by atoms with van der Waals surface area (Å²) in [7, 11) is -0.511. The van der Waals surface area contributed by atoms with Gasteiger partial charge in [-0.15, -0.1) is 0 Å². The minimum Gasteiger partial charge on any atom is -0.478 e. The van der Waals surface area contributed by atoms with Crippen LogP contribution in [0.15, 0.2) is 12.1 Å². The summed E-state index contributed by atoms with van der Waals surface area (Å²) < 4.78 is 69.7. The molecule has 1 saturated carbocycles. The van der Waals surface area contributed by atoms with Gasteiger partial charge in [-0.25, -0.2) is 8.78 Å². The summed E-state index contributed by atoms with van der Waals surface area (Å²) in [6, 6.07) is 6.78. The molecule has 1 aliphatic carbocycles. The molecule has 1 aromatic rings. The zero-order chi connectivity index (χ0) is 22.4. The Morgan fingerprint density at radius 2 is 1.48 bits per heavy atom. The van der Waals surface area contributed by atoms with Gasteiger partial charge in [0.2, 0.25) is 0 Å². The van der Waals surface area contributed by atoms with E-state index in [0.717, 1.165) is 43.7 Å². The van der Waals surface area contributed by atoms with E-state index in [9.17, 15) is 22.0 Å². The lowest BCUT2D eigenvalue weighted by atomic mass is 9.72. The van der Waals surface area contributed by atoms with Gasteiger partial charge in [-0.3, -0.25) is 0 Å². The normalized spacial score (nSPS) is 27.3. The summed E-state index contributed by atoms with van der Waals surface area (Å²) in [5.41, 5.74) is 0.542. The highest BCUT2D eigenvalue weighted by atomic mass is 28.3. The topological polar surface area (TPSA) is 9.23 Å². The maximum atomic E-state index is 14.2. The Kier molecular flexibility index (Phi) is 8.82. The van der Waals surface area contributed by atoms with Gasteiger partial charge in [-0.05, 0) is 61.1 Å². The standard InChI is InChI=1S/C24H35F5OSi/c1-2-3-4-11-31-12-9-19(10-13-31)17-5-7-18(8-6-17)20-14-21(25)23(22(26)15-20)30-16-24(27,28)29/h14-15,17-19,31H,2-13,16H2,1H3/t17-,18-,19-,31-. The molecule has 0 radical (unpaired) electrons. The fourth-order valence-corrected chi connectivity index (χ4v) is 9.19. The monoisotopic (exact) mass is 462 g/mol. The van der Waals surface area contributed by atoms with Gasteiger partial charge in [0.05, 0.1) is 0 Å². The van der Waals surface area contributed by atoms with Crippen molar-refractivity contribution in [1.29, 1.82) is 0 Å². The van der Waals surface area contributed by atoms with E-state index in [1.165, 1.54) is 50.2 Å². The molecule has 1 heterocycles. The van der Waals surface area contributed by atoms with Crippen LogP contribution in [0.5, 0.6) is 5.75 Å². The van der Waals surface area contributed by atoms with Crippen molar-refractivity contribution in [1.82, 2.24) is 0 Å². The van der Waals surface area contributed by atoms with E-state index in [1.807, 2.05) is 0 Å². The Hall–Kier alpha value is -1.11. The van der Waals surface area contributed by atoms with Crippen LogP contribution in [-0.2, 0) is 0 Å². The van der Waals surface area contributed by atoms with Crippen molar-refractivity contribution < 1.29 is 26.7 Å². The first-order chi connectivity index (χ1) is 14.8. The Balaban J connectivity index is 1.48. The van der Waals surface area contributed by atoms with E-state index in [0.29, 0.717) is 11.5 Å². The second kappa shape index (κ2) is 11.1. The van der Waals surface area contributed by atoms with Gasteiger partial charge in [-0.2, -0.15) is 13.2 Å². The molecule has 0 bridgehead atoms. The molecule has 1 aromatic carbocycles. The molecule has 0 aromatic heterocycles. The Morgan fingerprint density at radius 1 is 0.903 bits per heavy atom. The average Bonchev–Trinajstić information content (AvgIpc) is 2.73. The van der Waals surface area contributed by atoms with Crippen molar-refractivity contribution in [3.8, 4) is 5.75 Å². The molecule has 3 rings (SSSR count). The van der Waals surface area contributed by atoms with Crippen LogP contribution >= 0.6 is 0 Å². The van der Waals surface area contributed by atoms with Crippen molar-refractivity contribution in [2.45, 2.75) is 94.9 Å². The molecule has 176 valence electrons. The molecule has 7 heteroatoms. The van der Waals surface area contributed by atoms with Gasteiger partial charge in [-0.1, -0.05) is 57.2 Å². The molecule has 1 aliphatic heterocycles. The van der Waals surface area contributed by atoms with Crippen LogP contribution in [0.25, 0.3) is 0 Å². The minimum atomic E-state index is -4.63. The van der Waals surface area contributed by atoms with Gasteiger partial charge in [0, 0.05) is 8.80 Å². The number of alkyl halides is 3. The number of rotatable bonds is 8. The summed E-state index contributed by atoms with van der Waals surface area (Å²) >= 11 is 0. The van der Waals surface area contributed by atoms with Gasteiger partial charge >= 0.3 is 6.18 Å². The summed E-state index contributed by atoms with van der Waals surface area (Å²) in [4.78, 5) is 0. The quantitative estimate of drug-likeness (QED) is 0.216. The minimum absolute atomic E-state index is 0.0664. The lowest BCUT2D eigenvalue weighted by Crippen LogP contribution is -2.28. The summed E-state index contributed by atoms with van der Waals surface area (Å²) in [6.45, 7) is 0.558. The molecule has 1 saturated heterocycles. The average molecular weight is 463 g/mol. The third-order valence-corrected chi connectivity index (χ3v) is 10.9. The smallest absolute Gasteiger partial charge is 0.422 e. The molecule has 0 N–H and O–H groups in total. The van der Waals surface area contributed by atoms with E-state index >= 15 is 0 Å². The first-order valence-corrected chi connectivity index (χ1v) is 14.4. The number of halogens is 5. The van der Waals surface area contributed by atoms with E-state index in [2.05, 4.69) is 11.7 Å². The highest BCUT2D eigenvalue weighted by Gasteiger charge is 2.33. The number of unbranched alkanes of at least 4 members (excludes halogenated alkanes) is 2. The number of ether oxygens (including phenoxy) is 1. The van der Waals surface area contributed by atoms with Gasteiger partial charge in [0.15, 0.2) is 24.0 Å². The fraction of sp³-hybridized carbons (Fsp3) is 0.750. The highest BCUT2D eigenvalue weighted by molar-refractivity contribution is 6.58. The predicted octanol–water partition coefficient (Wildman–Crippen LogP) is 8.01. The molecule has 2 fully saturated rings. The van der Waals surface area contributed by atoms with Crippen molar-refractivity contribution in [3.63, 3.8) is 0 Å². The summed E-state index contributed by atoms with van der Waals surface area (Å²) in [5.74, 6) is -1.44. The van der Waals surface area contributed by atoms with Gasteiger partial charge < -0.3 is 4.74 Å². The predicted molar refractivity (Wildman–Crippen MR) is 116 cm³/mol. The highest BCUT2D eigenvalue weighted by Crippen LogP contribution is 2.44. The Bertz CT molecular complexity index is 669. The Labute approximate surface area is 184 Å². The molecule has 2 aliphatic rings. The van der Waals surface area contributed by atoms with E-state index in [-0.39, 0.29) is 5.92 Å². The van der Waals surface area contributed by atoms with Crippen molar-refractivity contribution in [2.24, 2.45) is 11.8 Å². The summed E-state index contributed by atoms with van der Waals surface area (Å²) in [6.07, 6.45) is 6.11. The lowest BCUT2D eigenvalue weighted by Gasteiger charge is -2.37. The van der Waals surface area contributed by atoms with Crippen LogP contribution in [0.4, 0.5) is 22.0 Å². The number of benzene rings is 1. The van der Waals surface area contributed by atoms with Crippen molar-refractivity contribution in [2.75, 3.05) is 6.61 Å². The van der Waals surface area contributed by atoms with Crippen LogP contribution in [0.2, 0.25) is 18.1 Å². The Morgan fingerprint density at radius 3 is 2.03 bits per heavy atom. The second-order valence-electron chi connectivity index (χ2n) is 9.61. The lowest BCUT2D eigenvalue weighted by molar-refractivity contribution is -0.154. The SMILES string of the molecule is CCCCC[Si@H]1CC[C@H]([C@H]2CC[C@H](c3cc(F)c(OCC(F)(F)F)c(F)c3)CC2)CC1. The third kappa shape index (κ3) is 7.19. The van der Waals surface area contributed by atoms with Crippen LogP contribution in [0, 0.1) is 23.5 Å². The molecule has 1 nitrogen and oxygen atoms in total. The third-order valence-electron chi connectivity index (χ3n) is 7.42. The van der Waals surface area contributed by atoms with Crippen molar-refractivity contribution >= 4 is 8.80 Å². The van der Waals surface area contributed by atoms with E-state index in [4.69, 9.17) is 0 Å². The second-order valence-corrected chi connectivity index (χ2v) is 13.1. The fourth-order valence-electron chi connectivity index (χ4n) is 5.66. The van der Waals surface area contributed by atoms with Crippen molar-refractivity contribution in [3.05, 3.63) is 29.3 Å². The summed E-state index contributed by atoms with van der Waals surface area (Å²) in [5, 5.41) is 0. The maximum Gasteiger partial charge on any atom is 0.422 e. The molecular formula is C24H35F5OSi. The van der Waals surface area contributed by atoms with Crippen LogP contribution in [-0.4, -0.2) is 21.6 Å². The van der Waals surface area contributed by atoms with E-state index in [1.54, 1.807) is 0 Å². The maximum absolute atomic E-state index is 14.2.